The lowest BCUT2D eigenvalue weighted by molar-refractivity contribution is -0.120. The maximum absolute atomic E-state index is 12.2. The number of ether oxygens (including phenoxy) is 1. The van der Waals surface area contributed by atoms with Gasteiger partial charge in [0.1, 0.15) is 11.4 Å². The Morgan fingerprint density at radius 2 is 1.90 bits per heavy atom. The third kappa shape index (κ3) is 5.38. The smallest absolute Gasteiger partial charge is 0.226 e. The molecule has 1 aromatic heterocycles. The monoisotopic (exact) mass is 394 g/mol. The van der Waals surface area contributed by atoms with Gasteiger partial charge in [0.2, 0.25) is 11.8 Å². The molecule has 0 aliphatic carbocycles. The van der Waals surface area contributed by atoms with E-state index in [1.165, 1.54) is 4.68 Å². The summed E-state index contributed by atoms with van der Waals surface area (Å²) in [5, 5.41) is 17.0. The first kappa shape index (κ1) is 20.0. The quantitative estimate of drug-likeness (QED) is 0.601. The summed E-state index contributed by atoms with van der Waals surface area (Å²) in [6, 6.07) is 14.6. The molecule has 3 aromatic rings. The third-order valence-electron chi connectivity index (χ3n) is 4.20. The summed E-state index contributed by atoms with van der Waals surface area (Å²) >= 11 is 0. The van der Waals surface area contributed by atoms with Crippen molar-refractivity contribution < 1.29 is 14.3 Å². The van der Waals surface area contributed by atoms with Crippen LogP contribution in [0.3, 0.4) is 0 Å². The maximum Gasteiger partial charge on any atom is 0.226 e. The first-order valence-corrected chi connectivity index (χ1v) is 9.10. The normalized spacial score (nSPS) is 10.4. The molecule has 1 heterocycles. The van der Waals surface area contributed by atoms with Gasteiger partial charge in [-0.05, 0) is 41.1 Å². The van der Waals surface area contributed by atoms with Crippen LogP contribution in [0.5, 0.6) is 5.75 Å². The number of aryl methyl sites for hydroxylation is 1. The number of aromatic nitrogens is 4. The molecule has 3 rings (SSSR count). The van der Waals surface area contributed by atoms with Crippen LogP contribution < -0.4 is 15.4 Å². The van der Waals surface area contributed by atoms with Crippen LogP contribution in [0.4, 0.5) is 5.69 Å². The fourth-order valence-electron chi connectivity index (χ4n) is 2.77. The van der Waals surface area contributed by atoms with Crippen LogP contribution >= 0.6 is 0 Å². The Kier molecular flexibility index (Phi) is 6.51. The van der Waals surface area contributed by atoms with E-state index >= 15 is 0 Å². The van der Waals surface area contributed by atoms with E-state index in [-0.39, 0.29) is 31.2 Å². The largest absolute Gasteiger partial charge is 0.494 e. The predicted octanol–water partition coefficient (Wildman–Crippen LogP) is 1.67. The van der Waals surface area contributed by atoms with Crippen LogP contribution in [0, 0.1) is 6.92 Å². The highest BCUT2D eigenvalue weighted by molar-refractivity contribution is 5.91. The number of hydrogen-bond donors (Lipinski definition) is 2. The van der Waals surface area contributed by atoms with Gasteiger partial charge in [-0.25, -0.2) is 0 Å². The summed E-state index contributed by atoms with van der Waals surface area (Å²) in [7, 11) is 1.55. The molecule has 0 fully saturated rings. The molecule has 150 valence electrons. The highest BCUT2D eigenvalue weighted by Gasteiger charge is 2.12. The fraction of sp³-hybridized carbons (Fsp3) is 0.250. The van der Waals surface area contributed by atoms with Gasteiger partial charge in [0.25, 0.3) is 0 Å². The van der Waals surface area contributed by atoms with Gasteiger partial charge in [0, 0.05) is 18.7 Å². The van der Waals surface area contributed by atoms with Gasteiger partial charge in [0.15, 0.2) is 5.82 Å². The number of amides is 2. The van der Waals surface area contributed by atoms with Crippen molar-refractivity contribution in [3.05, 3.63) is 59.9 Å². The van der Waals surface area contributed by atoms with Crippen molar-refractivity contribution in [3.63, 3.8) is 0 Å². The summed E-state index contributed by atoms with van der Waals surface area (Å²) in [6.07, 6.45) is 0.446. The topological polar surface area (TPSA) is 111 Å². The number of benzene rings is 2. The second-order valence-corrected chi connectivity index (χ2v) is 6.34. The Balaban J connectivity index is 1.54. The predicted molar refractivity (Wildman–Crippen MR) is 107 cm³/mol. The number of carbonyl (C=O) groups excluding carboxylic acids is 2. The Bertz CT molecular complexity index is 987. The fourth-order valence-corrected chi connectivity index (χ4v) is 2.77. The van der Waals surface area contributed by atoms with Gasteiger partial charge >= 0.3 is 0 Å². The molecule has 0 radical (unpaired) electrons. The summed E-state index contributed by atoms with van der Waals surface area (Å²) in [4.78, 5) is 24.2. The maximum atomic E-state index is 12.2. The van der Waals surface area contributed by atoms with Gasteiger partial charge in [-0.3, -0.25) is 9.59 Å². The minimum Gasteiger partial charge on any atom is -0.494 e. The number of anilines is 1. The SMILES string of the molecule is COc1ccc(NC(=O)CCNC(=O)Cc2ccccc2)cc1-n1nnnc1C. The highest BCUT2D eigenvalue weighted by atomic mass is 16.5. The number of tetrazole rings is 1. The van der Waals surface area contributed by atoms with Crippen molar-refractivity contribution in [2.45, 2.75) is 19.8 Å². The van der Waals surface area contributed by atoms with E-state index < -0.39 is 0 Å². The molecule has 0 atom stereocenters. The molecule has 29 heavy (non-hydrogen) atoms. The van der Waals surface area contributed by atoms with Gasteiger partial charge in [-0.15, -0.1) is 5.10 Å². The van der Waals surface area contributed by atoms with E-state index in [0.29, 0.717) is 22.9 Å². The molecule has 2 aromatic carbocycles. The lowest BCUT2D eigenvalue weighted by Crippen LogP contribution is -2.28. The number of nitrogens with zero attached hydrogens (tertiary/aromatic N) is 4. The molecule has 9 nitrogen and oxygen atoms in total. The average molecular weight is 394 g/mol. The van der Waals surface area contributed by atoms with Gasteiger partial charge in [-0.2, -0.15) is 4.68 Å². The van der Waals surface area contributed by atoms with Gasteiger partial charge < -0.3 is 15.4 Å². The number of hydrogen-bond acceptors (Lipinski definition) is 6. The molecule has 2 N–H and O–H groups in total. The van der Waals surface area contributed by atoms with Crippen molar-refractivity contribution in [1.82, 2.24) is 25.5 Å². The Labute approximate surface area is 168 Å². The van der Waals surface area contributed by atoms with Crippen LogP contribution in [-0.4, -0.2) is 45.7 Å². The zero-order chi connectivity index (χ0) is 20.6. The van der Waals surface area contributed by atoms with Crippen molar-refractivity contribution in [3.8, 4) is 11.4 Å². The van der Waals surface area contributed by atoms with Crippen molar-refractivity contribution >= 4 is 17.5 Å². The number of rotatable bonds is 8. The zero-order valence-corrected chi connectivity index (χ0v) is 16.3. The molecule has 0 aliphatic rings. The van der Waals surface area contributed by atoms with Crippen molar-refractivity contribution in [1.29, 1.82) is 0 Å². The van der Waals surface area contributed by atoms with E-state index in [1.54, 1.807) is 32.2 Å². The highest BCUT2D eigenvalue weighted by Crippen LogP contribution is 2.26. The summed E-state index contributed by atoms with van der Waals surface area (Å²) in [5.74, 6) is 0.832. The molecular weight excluding hydrogens is 372 g/mol. The van der Waals surface area contributed by atoms with E-state index in [1.807, 2.05) is 30.3 Å². The van der Waals surface area contributed by atoms with E-state index in [9.17, 15) is 9.59 Å². The van der Waals surface area contributed by atoms with Crippen LogP contribution in [-0.2, 0) is 16.0 Å². The van der Waals surface area contributed by atoms with E-state index in [0.717, 1.165) is 5.56 Å². The van der Waals surface area contributed by atoms with Gasteiger partial charge in [0.05, 0.1) is 13.5 Å². The van der Waals surface area contributed by atoms with Crippen LogP contribution in [0.15, 0.2) is 48.5 Å². The van der Waals surface area contributed by atoms with Crippen LogP contribution in [0.1, 0.15) is 17.8 Å². The Morgan fingerprint density at radius 1 is 1.10 bits per heavy atom. The molecule has 0 bridgehead atoms. The van der Waals surface area contributed by atoms with E-state index in [2.05, 4.69) is 26.2 Å². The average Bonchev–Trinajstić information content (AvgIpc) is 3.14. The second-order valence-electron chi connectivity index (χ2n) is 6.34. The Morgan fingerprint density at radius 3 is 2.59 bits per heavy atom. The first-order valence-electron chi connectivity index (χ1n) is 9.10. The lowest BCUT2D eigenvalue weighted by Gasteiger charge is -2.12. The molecule has 0 unspecified atom stereocenters. The molecule has 0 saturated heterocycles. The molecule has 0 spiro atoms. The van der Waals surface area contributed by atoms with Crippen LogP contribution in [0.2, 0.25) is 0 Å². The van der Waals surface area contributed by atoms with Crippen LogP contribution in [0.25, 0.3) is 5.69 Å². The van der Waals surface area contributed by atoms with Gasteiger partial charge in [-0.1, -0.05) is 30.3 Å². The van der Waals surface area contributed by atoms with Crippen molar-refractivity contribution in [2.24, 2.45) is 0 Å². The zero-order valence-electron chi connectivity index (χ0n) is 16.3. The molecule has 9 heteroatoms. The minimum atomic E-state index is -0.213. The molecule has 0 aliphatic heterocycles. The van der Waals surface area contributed by atoms with E-state index in [4.69, 9.17) is 4.74 Å². The first-order chi connectivity index (χ1) is 14.1. The standard InChI is InChI=1S/C20H22N6O3/c1-14-23-24-25-26(14)17-13-16(8-9-18(17)29-2)22-19(27)10-11-21-20(28)12-15-6-4-3-5-7-15/h3-9,13H,10-12H2,1-2H3,(H,21,28)(H,22,27). The molecule has 2 amide bonds. The molecule has 0 saturated carbocycles. The summed E-state index contributed by atoms with van der Waals surface area (Å²) in [5.41, 5.74) is 2.12. The number of carbonyl (C=O) groups is 2. The second kappa shape index (κ2) is 9.45. The lowest BCUT2D eigenvalue weighted by atomic mass is 10.1. The summed E-state index contributed by atoms with van der Waals surface area (Å²) < 4.78 is 6.87. The molecular formula is C20H22N6O3. The van der Waals surface area contributed by atoms with Crippen molar-refractivity contribution in [2.75, 3.05) is 19.0 Å². The minimum absolute atomic E-state index is 0.120. The Hall–Kier alpha value is -3.75. The number of methoxy groups -OCH3 is 1. The third-order valence-corrected chi connectivity index (χ3v) is 4.20. The number of nitrogens with one attached hydrogen (secondary N) is 2. The summed E-state index contributed by atoms with van der Waals surface area (Å²) in [6.45, 7) is 2.02.